The lowest BCUT2D eigenvalue weighted by Crippen LogP contribution is -1.88. The van der Waals surface area contributed by atoms with Crippen LogP contribution in [0.3, 0.4) is 0 Å². The van der Waals surface area contributed by atoms with E-state index in [1.54, 1.807) is 0 Å². The SMILES string of the molecule is CC(C)=CCc1ccc(N)c(Cl)c1. The van der Waals surface area contributed by atoms with Crippen LogP contribution in [0.25, 0.3) is 0 Å². The predicted octanol–water partition coefficient (Wildman–Crippen LogP) is 3.43. The van der Waals surface area contributed by atoms with E-state index in [4.69, 9.17) is 17.3 Å². The zero-order chi connectivity index (χ0) is 9.84. The highest BCUT2D eigenvalue weighted by Crippen LogP contribution is 2.20. The van der Waals surface area contributed by atoms with Gasteiger partial charge in [0.25, 0.3) is 0 Å². The predicted molar refractivity (Wildman–Crippen MR) is 59.0 cm³/mol. The number of nitrogens with two attached hydrogens (primary N) is 1. The molecule has 0 saturated heterocycles. The van der Waals surface area contributed by atoms with Crippen molar-refractivity contribution in [3.63, 3.8) is 0 Å². The summed E-state index contributed by atoms with van der Waals surface area (Å²) in [5.41, 5.74) is 8.75. The van der Waals surface area contributed by atoms with E-state index in [0.29, 0.717) is 10.7 Å². The van der Waals surface area contributed by atoms with E-state index in [2.05, 4.69) is 19.9 Å². The number of hydrogen-bond donors (Lipinski definition) is 1. The molecule has 0 bridgehead atoms. The summed E-state index contributed by atoms with van der Waals surface area (Å²) in [6.45, 7) is 4.16. The maximum absolute atomic E-state index is 5.88. The van der Waals surface area contributed by atoms with E-state index in [1.165, 1.54) is 11.1 Å². The van der Waals surface area contributed by atoms with Crippen LogP contribution in [0, 0.1) is 0 Å². The van der Waals surface area contributed by atoms with Crippen molar-refractivity contribution in [3.8, 4) is 0 Å². The summed E-state index contributed by atoms with van der Waals surface area (Å²) in [7, 11) is 0. The molecule has 0 aromatic heterocycles. The van der Waals surface area contributed by atoms with Crippen molar-refractivity contribution in [1.82, 2.24) is 0 Å². The summed E-state index contributed by atoms with van der Waals surface area (Å²) in [5, 5.41) is 0.639. The fourth-order valence-corrected chi connectivity index (χ4v) is 1.22. The van der Waals surface area contributed by atoms with Gasteiger partial charge >= 0.3 is 0 Å². The van der Waals surface area contributed by atoms with Gasteiger partial charge in [-0.2, -0.15) is 0 Å². The molecule has 0 unspecified atom stereocenters. The molecule has 1 rings (SSSR count). The Morgan fingerprint density at radius 3 is 2.69 bits per heavy atom. The summed E-state index contributed by atoms with van der Waals surface area (Å²) in [6.07, 6.45) is 3.09. The molecule has 2 N–H and O–H groups in total. The molecule has 0 aliphatic carbocycles. The number of anilines is 1. The van der Waals surface area contributed by atoms with Crippen LogP contribution in [-0.4, -0.2) is 0 Å². The van der Waals surface area contributed by atoms with Crippen molar-refractivity contribution in [2.24, 2.45) is 0 Å². The highest BCUT2D eigenvalue weighted by molar-refractivity contribution is 6.33. The van der Waals surface area contributed by atoms with Gasteiger partial charge in [-0.3, -0.25) is 0 Å². The monoisotopic (exact) mass is 195 g/mol. The fourth-order valence-electron chi connectivity index (χ4n) is 1.02. The van der Waals surface area contributed by atoms with Gasteiger partial charge in [-0.1, -0.05) is 29.3 Å². The lowest BCUT2D eigenvalue weighted by molar-refractivity contribution is 1.21. The fraction of sp³-hybridized carbons (Fsp3) is 0.273. The third-order valence-corrected chi connectivity index (χ3v) is 2.14. The molecular formula is C11H14ClN. The summed E-state index contributed by atoms with van der Waals surface area (Å²) < 4.78 is 0. The van der Waals surface area contributed by atoms with Crippen LogP contribution in [0.5, 0.6) is 0 Å². The smallest absolute Gasteiger partial charge is 0.0638 e. The van der Waals surface area contributed by atoms with Gasteiger partial charge in [-0.15, -0.1) is 0 Å². The quantitative estimate of drug-likeness (QED) is 0.568. The molecule has 0 atom stereocenters. The standard InChI is InChI=1S/C11H14ClN/c1-8(2)3-4-9-5-6-11(13)10(12)7-9/h3,5-7H,4,13H2,1-2H3. The Balaban J connectivity index is 2.80. The van der Waals surface area contributed by atoms with Crippen molar-refractivity contribution < 1.29 is 0 Å². The molecule has 1 nitrogen and oxygen atoms in total. The molecular weight excluding hydrogens is 182 g/mol. The van der Waals surface area contributed by atoms with Gasteiger partial charge in [0.15, 0.2) is 0 Å². The van der Waals surface area contributed by atoms with Gasteiger partial charge in [-0.25, -0.2) is 0 Å². The van der Waals surface area contributed by atoms with Gasteiger partial charge in [0, 0.05) is 0 Å². The molecule has 1 aromatic carbocycles. The van der Waals surface area contributed by atoms with Gasteiger partial charge in [-0.05, 0) is 38.0 Å². The van der Waals surface area contributed by atoms with Gasteiger partial charge < -0.3 is 5.73 Å². The first-order valence-corrected chi connectivity index (χ1v) is 4.64. The highest BCUT2D eigenvalue weighted by atomic mass is 35.5. The molecule has 2 heteroatoms. The van der Waals surface area contributed by atoms with Crippen molar-refractivity contribution in [1.29, 1.82) is 0 Å². The van der Waals surface area contributed by atoms with Gasteiger partial charge in [0.05, 0.1) is 10.7 Å². The van der Waals surface area contributed by atoms with Crippen LogP contribution in [0.1, 0.15) is 19.4 Å². The lowest BCUT2D eigenvalue weighted by atomic mass is 10.1. The van der Waals surface area contributed by atoms with Crippen LogP contribution >= 0.6 is 11.6 Å². The second-order valence-electron chi connectivity index (χ2n) is 3.34. The minimum Gasteiger partial charge on any atom is -0.398 e. The van der Waals surface area contributed by atoms with Gasteiger partial charge in [0.1, 0.15) is 0 Å². The maximum atomic E-state index is 5.88. The Morgan fingerprint density at radius 2 is 2.15 bits per heavy atom. The van der Waals surface area contributed by atoms with E-state index < -0.39 is 0 Å². The van der Waals surface area contributed by atoms with E-state index in [-0.39, 0.29) is 0 Å². The molecule has 1 aromatic rings. The van der Waals surface area contributed by atoms with Crippen LogP contribution in [0.4, 0.5) is 5.69 Å². The van der Waals surface area contributed by atoms with Crippen molar-refractivity contribution in [2.45, 2.75) is 20.3 Å². The van der Waals surface area contributed by atoms with Gasteiger partial charge in [0.2, 0.25) is 0 Å². The molecule has 0 fully saturated rings. The molecule has 0 spiro atoms. The Bertz CT molecular complexity index is 325. The topological polar surface area (TPSA) is 26.0 Å². The summed E-state index contributed by atoms with van der Waals surface area (Å²) >= 11 is 5.88. The summed E-state index contributed by atoms with van der Waals surface area (Å²) in [5.74, 6) is 0. The number of nitrogen functional groups attached to an aromatic ring is 1. The average Bonchev–Trinajstić information content (AvgIpc) is 2.07. The summed E-state index contributed by atoms with van der Waals surface area (Å²) in [4.78, 5) is 0. The molecule has 0 heterocycles. The van der Waals surface area contributed by atoms with Crippen molar-refractivity contribution in [2.75, 3.05) is 5.73 Å². The van der Waals surface area contributed by atoms with Crippen LogP contribution in [0.15, 0.2) is 29.8 Å². The maximum Gasteiger partial charge on any atom is 0.0638 e. The Hall–Kier alpha value is -0.950. The number of rotatable bonds is 2. The normalized spacial score (nSPS) is 9.77. The van der Waals surface area contributed by atoms with Crippen LogP contribution in [-0.2, 0) is 6.42 Å². The van der Waals surface area contributed by atoms with Crippen molar-refractivity contribution >= 4 is 17.3 Å². The van der Waals surface area contributed by atoms with Crippen LogP contribution in [0.2, 0.25) is 5.02 Å². The zero-order valence-corrected chi connectivity index (χ0v) is 8.73. The second kappa shape index (κ2) is 4.33. The zero-order valence-electron chi connectivity index (χ0n) is 7.97. The minimum absolute atomic E-state index is 0.639. The Kier molecular flexibility index (Phi) is 3.38. The van der Waals surface area contributed by atoms with E-state index in [9.17, 15) is 0 Å². The molecule has 13 heavy (non-hydrogen) atoms. The molecule has 70 valence electrons. The lowest BCUT2D eigenvalue weighted by Gasteiger charge is -2.01. The van der Waals surface area contributed by atoms with Crippen molar-refractivity contribution in [3.05, 3.63) is 40.4 Å². The number of benzene rings is 1. The highest BCUT2D eigenvalue weighted by Gasteiger charge is 1.96. The number of allylic oxidation sites excluding steroid dienone is 2. The number of halogens is 1. The van der Waals surface area contributed by atoms with Crippen LogP contribution < -0.4 is 5.73 Å². The van der Waals surface area contributed by atoms with E-state index in [1.807, 2.05) is 18.2 Å². The number of hydrogen-bond acceptors (Lipinski definition) is 1. The molecule has 0 amide bonds. The molecule has 0 aliphatic rings. The second-order valence-corrected chi connectivity index (χ2v) is 3.75. The first-order valence-electron chi connectivity index (χ1n) is 4.27. The first-order chi connectivity index (χ1) is 6.09. The first kappa shape index (κ1) is 10.1. The molecule has 0 radical (unpaired) electrons. The summed E-state index contributed by atoms with van der Waals surface area (Å²) in [6, 6.07) is 5.76. The molecule has 0 aliphatic heterocycles. The molecule has 0 saturated carbocycles. The third kappa shape index (κ3) is 3.11. The largest absolute Gasteiger partial charge is 0.398 e. The minimum atomic E-state index is 0.639. The Morgan fingerprint density at radius 1 is 1.46 bits per heavy atom. The Labute approximate surface area is 84.2 Å². The average molecular weight is 196 g/mol. The van der Waals surface area contributed by atoms with E-state index >= 15 is 0 Å². The third-order valence-electron chi connectivity index (χ3n) is 1.81. The van der Waals surface area contributed by atoms with E-state index in [0.717, 1.165) is 6.42 Å².